The molecular weight excluding hydrogens is 302 g/mol. The molecule has 0 spiro atoms. The predicted octanol–water partition coefficient (Wildman–Crippen LogP) is 3.75. The zero-order chi connectivity index (χ0) is 17.4. The minimum absolute atomic E-state index is 0.106. The van der Waals surface area contributed by atoms with E-state index in [1.54, 1.807) is 12.1 Å². The van der Waals surface area contributed by atoms with Crippen LogP contribution in [-0.4, -0.2) is 18.5 Å². The number of benzene rings is 2. The van der Waals surface area contributed by atoms with Gasteiger partial charge in [0, 0.05) is 5.56 Å². The fraction of sp³-hybridized carbons (Fsp3) is 0.300. The molecule has 2 aromatic rings. The standard InChI is InChI=1S/C20H23NO3/c1-15(2)14-24-19(22)13-18(16-9-5-3-6-10-16)21-20(23)17-11-7-4-8-12-17/h3-12,15,18H,13-14H2,1-2H3,(H,21,23)/t18-/m0/s1. The maximum Gasteiger partial charge on any atom is 0.308 e. The Morgan fingerprint density at radius 2 is 1.54 bits per heavy atom. The molecule has 0 saturated heterocycles. The van der Waals surface area contributed by atoms with Crippen molar-refractivity contribution < 1.29 is 14.3 Å². The third kappa shape index (κ3) is 5.54. The number of amides is 1. The second-order valence-corrected chi connectivity index (χ2v) is 6.08. The number of carbonyl (C=O) groups is 2. The van der Waals surface area contributed by atoms with Crippen molar-refractivity contribution >= 4 is 11.9 Å². The summed E-state index contributed by atoms with van der Waals surface area (Å²) in [6, 6.07) is 18.0. The maximum absolute atomic E-state index is 12.4. The van der Waals surface area contributed by atoms with Crippen molar-refractivity contribution in [3.05, 3.63) is 71.8 Å². The highest BCUT2D eigenvalue weighted by Gasteiger charge is 2.20. The molecule has 2 rings (SSSR count). The topological polar surface area (TPSA) is 55.4 Å². The van der Waals surface area contributed by atoms with E-state index in [4.69, 9.17) is 4.74 Å². The van der Waals surface area contributed by atoms with Gasteiger partial charge in [0.25, 0.3) is 5.91 Å². The van der Waals surface area contributed by atoms with Crippen molar-refractivity contribution in [1.29, 1.82) is 0 Å². The lowest BCUT2D eigenvalue weighted by atomic mass is 10.0. The van der Waals surface area contributed by atoms with Gasteiger partial charge >= 0.3 is 5.97 Å². The summed E-state index contributed by atoms with van der Waals surface area (Å²) in [5, 5.41) is 2.93. The van der Waals surface area contributed by atoms with E-state index in [0.717, 1.165) is 5.56 Å². The highest BCUT2D eigenvalue weighted by atomic mass is 16.5. The third-order valence-electron chi connectivity index (χ3n) is 3.49. The van der Waals surface area contributed by atoms with Crippen molar-refractivity contribution in [2.75, 3.05) is 6.61 Å². The van der Waals surface area contributed by atoms with Crippen LogP contribution in [0.3, 0.4) is 0 Å². The number of ether oxygens (including phenoxy) is 1. The van der Waals surface area contributed by atoms with Crippen LogP contribution in [0, 0.1) is 5.92 Å². The van der Waals surface area contributed by atoms with Crippen molar-refractivity contribution in [1.82, 2.24) is 5.32 Å². The first-order chi connectivity index (χ1) is 11.6. The van der Waals surface area contributed by atoms with E-state index in [0.29, 0.717) is 12.2 Å². The molecule has 4 heteroatoms. The Labute approximate surface area is 142 Å². The van der Waals surface area contributed by atoms with E-state index >= 15 is 0 Å². The van der Waals surface area contributed by atoms with E-state index in [1.165, 1.54) is 0 Å². The largest absolute Gasteiger partial charge is 0.465 e. The second kappa shape index (κ2) is 8.87. The van der Waals surface area contributed by atoms with Crippen molar-refractivity contribution in [2.24, 2.45) is 5.92 Å². The van der Waals surface area contributed by atoms with E-state index in [-0.39, 0.29) is 24.2 Å². The number of hydrogen-bond donors (Lipinski definition) is 1. The molecule has 1 N–H and O–H groups in total. The zero-order valence-electron chi connectivity index (χ0n) is 14.1. The Kier molecular flexibility index (Phi) is 6.55. The molecule has 1 amide bonds. The minimum Gasteiger partial charge on any atom is -0.465 e. The predicted molar refractivity (Wildman–Crippen MR) is 93.5 cm³/mol. The summed E-state index contributed by atoms with van der Waals surface area (Å²) in [6.07, 6.45) is 0.106. The molecule has 0 aliphatic carbocycles. The maximum atomic E-state index is 12.4. The molecule has 0 bridgehead atoms. The summed E-state index contributed by atoms with van der Waals surface area (Å²) in [5.74, 6) is -0.241. The highest BCUT2D eigenvalue weighted by Crippen LogP contribution is 2.18. The average molecular weight is 325 g/mol. The van der Waals surface area contributed by atoms with Crippen molar-refractivity contribution in [3.8, 4) is 0 Å². The van der Waals surface area contributed by atoms with E-state index < -0.39 is 6.04 Å². The molecule has 1 atom stereocenters. The summed E-state index contributed by atoms with van der Waals surface area (Å²) < 4.78 is 5.25. The molecule has 4 nitrogen and oxygen atoms in total. The lowest BCUT2D eigenvalue weighted by Gasteiger charge is -2.19. The average Bonchev–Trinajstić information content (AvgIpc) is 2.61. The van der Waals surface area contributed by atoms with Gasteiger partial charge in [-0.15, -0.1) is 0 Å². The van der Waals surface area contributed by atoms with Crippen LogP contribution in [0.1, 0.15) is 42.2 Å². The summed E-state index contributed by atoms with van der Waals surface area (Å²) >= 11 is 0. The van der Waals surface area contributed by atoms with E-state index in [2.05, 4.69) is 5.32 Å². The van der Waals surface area contributed by atoms with E-state index in [1.807, 2.05) is 62.4 Å². The normalized spacial score (nSPS) is 11.8. The Balaban J connectivity index is 2.09. The zero-order valence-corrected chi connectivity index (χ0v) is 14.1. The molecule has 0 aliphatic heterocycles. The van der Waals surface area contributed by atoms with Crippen LogP contribution in [-0.2, 0) is 9.53 Å². The van der Waals surface area contributed by atoms with Gasteiger partial charge in [-0.1, -0.05) is 62.4 Å². The fourth-order valence-corrected chi connectivity index (χ4v) is 2.25. The Morgan fingerprint density at radius 1 is 0.958 bits per heavy atom. The molecule has 24 heavy (non-hydrogen) atoms. The van der Waals surface area contributed by atoms with Crippen LogP contribution in [0.25, 0.3) is 0 Å². The molecule has 126 valence electrons. The molecule has 0 radical (unpaired) electrons. The summed E-state index contributed by atoms with van der Waals surface area (Å²) in [4.78, 5) is 24.5. The van der Waals surface area contributed by atoms with Gasteiger partial charge in [-0.3, -0.25) is 9.59 Å². The Hall–Kier alpha value is -2.62. The Morgan fingerprint density at radius 3 is 2.12 bits per heavy atom. The van der Waals surface area contributed by atoms with Gasteiger partial charge in [0.2, 0.25) is 0 Å². The van der Waals surface area contributed by atoms with Gasteiger partial charge in [-0.05, 0) is 23.6 Å². The van der Waals surface area contributed by atoms with Gasteiger partial charge in [0.05, 0.1) is 19.1 Å². The van der Waals surface area contributed by atoms with Crippen LogP contribution < -0.4 is 5.32 Å². The van der Waals surface area contributed by atoms with Gasteiger partial charge in [-0.25, -0.2) is 0 Å². The quantitative estimate of drug-likeness (QED) is 0.789. The molecule has 0 saturated carbocycles. The van der Waals surface area contributed by atoms with Gasteiger partial charge < -0.3 is 10.1 Å². The molecular formula is C20H23NO3. The molecule has 0 aromatic heterocycles. The van der Waals surface area contributed by atoms with Crippen LogP contribution >= 0.6 is 0 Å². The van der Waals surface area contributed by atoms with E-state index in [9.17, 15) is 9.59 Å². The number of hydrogen-bond acceptors (Lipinski definition) is 3. The molecule has 0 heterocycles. The van der Waals surface area contributed by atoms with Gasteiger partial charge in [0.15, 0.2) is 0 Å². The van der Waals surface area contributed by atoms with Gasteiger partial charge in [-0.2, -0.15) is 0 Å². The minimum atomic E-state index is -0.418. The molecule has 0 fully saturated rings. The Bertz CT molecular complexity index is 653. The third-order valence-corrected chi connectivity index (χ3v) is 3.49. The molecule has 2 aromatic carbocycles. The lowest BCUT2D eigenvalue weighted by Crippen LogP contribution is -2.30. The smallest absolute Gasteiger partial charge is 0.308 e. The number of rotatable bonds is 7. The fourth-order valence-electron chi connectivity index (χ4n) is 2.25. The highest BCUT2D eigenvalue weighted by molar-refractivity contribution is 5.94. The van der Waals surface area contributed by atoms with Crippen LogP contribution in [0.5, 0.6) is 0 Å². The molecule has 0 unspecified atom stereocenters. The first-order valence-corrected chi connectivity index (χ1v) is 8.12. The SMILES string of the molecule is CC(C)COC(=O)C[C@H](NC(=O)c1ccccc1)c1ccccc1. The molecule has 0 aliphatic rings. The first-order valence-electron chi connectivity index (χ1n) is 8.12. The number of carbonyl (C=O) groups excluding carboxylic acids is 2. The summed E-state index contributed by atoms with van der Waals surface area (Å²) in [6.45, 7) is 4.35. The monoisotopic (exact) mass is 325 g/mol. The van der Waals surface area contributed by atoms with Gasteiger partial charge in [0.1, 0.15) is 0 Å². The second-order valence-electron chi connectivity index (χ2n) is 6.08. The summed E-state index contributed by atoms with van der Waals surface area (Å²) in [7, 11) is 0. The van der Waals surface area contributed by atoms with Crippen LogP contribution in [0.2, 0.25) is 0 Å². The number of esters is 1. The van der Waals surface area contributed by atoms with Crippen molar-refractivity contribution in [2.45, 2.75) is 26.3 Å². The summed E-state index contributed by atoms with van der Waals surface area (Å²) in [5.41, 5.74) is 1.44. The lowest BCUT2D eigenvalue weighted by molar-refractivity contribution is -0.145. The number of nitrogens with one attached hydrogen (secondary N) is 1. The van der Waals surface area contributed by atoms with Crippen molar-refractivity contribution in [3.63, 3.8) is 0 Å². The van der Waals surface area contributed by atoms with Crippen LogP contribution in [0.15, 0.2) is 60.7 Å². The first kappa shape index (κ1) is 17.7. The van der Waals surface area contributed by atoms with Crippen LogP contribution in [0.4, 0.5) is 0 Å².